The molecular formula is C14H19BrO. The second-order valence-corrected chi connectivity index (χ2v) is 6.06. The number of rotatable bonds is 4. The highest BCUT2D eigenvalue weighted by Gasteiger charge is 2.14. The molecule has 0 bridgehead atoms. The summed E-state index contributed by atoms with van der Waals surface area (Å²) in [5, 5.41) is 0. The molecule has 1 aromatic carbocycles. The summed E-state index contributed by atoms with van der Waals surface area (Å²) in [5.41, 5.74) is 4.11. The lowest BCUT2D eigenvalue weighted by atomic mass is 9.99. The van der Waals surface area contributed by atoms with E-state index in [1.54, 1.807) is 0 Å². The Labute approximate surface area is 106 Å². The van der Waals surface area contributed by atoms with Crippen molar-refractivity contribution in [3.8, 4) is 0 Å². The van der Waals surface area contributed by atoms with Crippen LogP contribution in [0.25, 0.3) is 0 Å². The van der Waals surface area contributed by atoms with Crippen molar-refractivity contribution in [1.82, 2.24) is 0 Å². The molecule has 0 N–H and O–H groups in total. The van der Waals surface area contributed by atoms with Gasteiger partial charge in [0, 0.05) is 4.83 Å². The minimum Gasteiger partial charge on any atom is -0.372 e. The first kappa shape index (κ1) is 12.1. The van der Waals surface area contributed by atoms with Gasteiger partial charge in [0.15, 0.2) is 0 Å². The van der Waals surface area contributed by atoms with Gasteiger partial charge in [0.2, 0.25) is 0 Å². The zero-order valence-electron chi connectivity index (χ0n) is 10.0. The molecule has 16 heavy (non-hydrogen) atoms. The largest absolute Gasteiger partial charge is 0.372 e. The molecule has 0 saturated heterocycles. The van der Waals surface area contributed by atoms with Crippen molar-refractivity contribution in [2.24, 2.45) is 5.92 Å². The number of halogens is 1. The Hall–Kier alpha value is -0.340. The summed E-state index contributed by atoms with van der Waals surface area (Å²) < 4.78 is 5.43. The molecule has 1 aliphatic rings. The van der Waals surface area contributed by atoms with E-state index in [-0.39, 0.29) is 0 Å². The van der Waals surface area contributed by atoms with Crippen LogP contribution in [-0.2, 0) is 18.0 Å². The van der Waals surface area contributed by atoms with Crippen LogP contribution in [0.15, 0.2) is 18.2 Å². The second kappa shape index (κ2) is 5.33. The van der Waals surface area contributed by atoms with Crippen molar-refractivity contribution >= 4 is 15.9 Å². The molecule has 2 heteroatoms. The first-order chi connectivity index (χ1) is 7.66. The lowest BCUT2D eigenvalue weighted by Crippen LogP contribution is -1.95. The predicted molar refractivity (Wildman–Crippen MR) is 70.7 cm³/mol. The number of fused-ring (bicyclic) bond motifs is 1. The van der Waals surface area contributed by atoms with E-state index in [2.05, 4.69) is 48.0 Å². The van der Waals surface area contributed by atoms with Gasteiger partial charge in [-0.1, -0.05) is 48.0 Å². The molecule has 0 radical (unpaired) electrons. The van der Waals surface area contributed by atoms with Crippen LogP contribution in [0.2, 0.25) is 0 Å². The SMILES string of the molecule is CC(C)CCC(Br)c1ccc2c(c1)COC2. The summed E-state index contributed by atoms with van der Waals surface area (Å²) in [7, 11) is 0. The number of alkyl halides is 1. The third-order valence-corrected chi connectivity index (χ3v) is 4.09. The average molecular weight is 283 g/mol. The lowest BCUT2D eigenvalue weighted by molar-refractivity contribution is 0.134. The summed E-state index contributed by atoms with van der Waals surface area (Å²) in [4.78, 5) is 0.487. The minimum absolute atomic E-state index is 0.487. The molecule has 1 unspecified atom stereocenters. The molecule has 1 nitrogen and oxygen atoms in total. The van der Waals surface area contributed by atoms with Crippen LogP contribution in [0.5, 0.6) is 0 Å². The summed E-state index contributed by atoms with van der Waals surface area (Å²) in [5.74, 6) is 0.776. The predicted octanol–water partition coefficient (Wildman–Crippen LogP) is 4.59. The summed E-state index contributed by atoms with van der Waals surface area (Å²) >= 11 is 3.78. The standard InChI is InChI=1S/C14H19BrO/c1-10(2)3-6-14(15)11-4-5-12-8-16-9-13(12)7-11/h4-5,7,10,14H,3,6,8-9H2,1-2H3. The zero-order valence-corrected chi connectivity index (χ0v) is 11.6. The number of benzene rings is 1. The van der Waals surface area contributed by atoms with E-state index in [9.17, 15) is 0 Å². The van der Waals surface area contributed by atoms with Gasteiger partial charge in [0.05, 0.1) is 13.2 Å². The van der Waals surface area contributed by atoms with Gasteiger partial charge in [-0.3, -0.25) is 0 Å². The average Bonchev–Trinajstić information content (AvgIpc) is 2.72. The molecule has 0 fully saturated rings. The van der Waals surface area contributed by atoms with Crippen molar-refractivity contribution in [1.29, 1.82) is 0 Å². The Kier molecular flexibility index (Phi) is 4.04. The van der Waals surface area contributed by atoms with E-state index in [4.69, 9.17) is 4.74 Å². The summed E-state index contributed by atoms with van der Waals surface area (Å²) in [6.45, 7) is 6.12. The summed E-state index contributed by atoms with van der Waals surface area (Å²) in [6.07, 6.45) is 2.47. The highest BCUT2D eigenvalue weighted by atomic mass is 79.9. The van der Waals surface area contributed by atoms with Gasteiger partial charge in [-0.2, -0.15) is 0 Å². The number of hydrogen-bond donors (Lipinski definition) is 0. The van der Waals surface area contributed by atoms with E-state index in [0.29, 0.717) is 4.83 Å². The van der Waals surface area contributed by atoms with Crippen LogP contribution in [0.4, 0.5) is 0 Å². The van der Waals surface area contributed by atoms with E-state index in [1.807, 2.05) is 0 Å². The van der Waals surface area contributed by atoms with E-state index in [0.717, 1.165) is 19.1 Å². The Balaban J connectivity index is 2.03. The van der Waals surface area contributed by atoms with Crippen LogP contribution in [0.1, 0.15) is 48.2 Å². The molecule has 88 valence electrons. The van der Waals surface area contributed by atoms with E-state index >= 15 is 0 Å². The fourth-order valence-corrected chi connectivity index (χ4v) is 2.58. The molecule has 0 saturated carbocycles. The molecule has 1 heterocycles. The summed E-state index contributed by atoms with van der Waals surface area (Å²) in [6, 6.07) is 6.73. The van der Waals surface area contributed by atoms with Crippen molar-refractivity contribution in [3.05, 3.63) is 34.9 Å². The Morgan fingerprint density at radius 2 is 1.94 bits per heavy atom. The maximum atomic E-state index is 5.43. The molecular weight excluding hydrogens is 264 g/mol. The second-order valence-electron chi connectivity index (χ2n) is 4.96. The maximum Gasteiger partial charge on any atom is 0.0725 e. The maximum absolute atomic E-state index is 5.43. The molecule has 0 spiro atoms. The minimum atomic E-state index is 0.487. The Bertz CT molecular complexity index is 360. The fourth-order valence-electron chi connectivity index (χ4n) is 2.03. The van der Waals surface area contributed by atoms with Gasteiger partial charge in [-0.05, 0) is 35.4 Å². The van der Waals surface area contributed by atoms with Gasteiger partial charge in [-0.15, -0.1) is 0 Å². The van der Waals surface area contributed by atoms with Crippen LogP contribution >= 0.6 is 15.9 Å². The van der Waals surface area contributed by atoms with Crippen LogP contribution in [-0.4, -0.2) is 0 Å². The first-order valence-electron chi connectivity index (χ1n) is 6.00. The van der Waals surface area contributed by atoms with E-state index in [1.165, 1.54) is 29.5 Å². The Morgan fingerprint density at radius 3 is 2.69 bits per heavy atom. The number of hydrogen-bond acceptors (Lipinski definition) is 1. The van der Waals surface area contributed by atoms with Crippen molar-refractivity contribution in [2.75, 3.05) is 0 Å². The molecule has 1 atom stereocenters. The van der Waals surface area contributed by atoms with Gasteiger partial charge in [0.25, 0.3) is 0 Å². The molecule has 2 rings (SSSR count). The van der Waals surface area contributed by atoms with Crippen LogP contribution in [0.3, 0.4) is 0 Å². The molecule has 0 aromatic heterocycles. The fraction of sp³-hybridized carbons (Fsp3) is 0.571. The van der Waals surface area contributed by atoms with Crippen molar-refractivity contribution in [2.45, 2.75) is 44.7 Å². The van der Waals surface area contributed by atoms with Crippen LogP contribution < -0.4 is 0 Å². The third kappa shape index (κ3) is 2.86. The molecule has 0 aliphatic carbocycles. The van der Waals surface area contributed by atoms with E-state index < -0.39 is 0 Å². The van der Waals surface area contributed by atoms with Gasteiger partial charge < -0.3 is 4.74 Å². The smallest absolute Gasteiger partial charge is 0.0725 e. The highest BCUT2D eigenvalue weighted by Crippen LogP contribution is 2.32. The Morgan fingerprint density at radius 1 is 1.19 bits per heavy atom. The molecule has 1 aromatic rings. The monoisotopic (exact) mass is 282 g/mol. The van der Waals surface area contributed by atoms with Crippen LogP contribution in [0, 0.1) is 5.92 Å². The quantitative estimate of drug-likeness (QED) is 0.734. The van der Waals surface area contributed by atoms with Gasteiger partial charge >= 0.3 is 0 Å². The first-order valence-corrected chi connectivity index (χ1v) is 6.92. The number of ether oxygens (including phenoxy) is 1. The van der Waals surface area contributed by atoms with Crippen molar-refractivity contribution < 1.29 is 4.74 Å². The highest BCUT2D eigenvalue weighted by molar-refractivity contribution is 9.09. The topological polar surface area (TPSA) is 9.23 Å². The normalized spacial score (nSPS) is 16.5. The van der Waals surface area contributed by atoms with Gasteiger partial charge in [0.1, 0.15) is 0 Å². The van der Waals surface area contributed by atoms with Crippen molar-refractivity contribution in [3.63, 3.8) is 0 Å². The molecule has 1 aliphatic heterocycles. The molecule has 0 amide bonds. The van der Waals surface area contributed by atoms with Gasteiger partial charge in [-0.25, -0.2) is 0 Å². The third-order valence-electron chi connectivity index (χ3n) is 3.10. The lowest BCUT2D eigenvalue weighted by Gasteiger charge is -2.12. The zero-order chi connectivity index (χ0) is 11.5.